The molecule has 0 radical (unpaired) electrons. The van der Waals surface area contributed by atoms with Crippen molar-refractivity contribution < 1.29 is 14.3 Å². The van der Waals surface area contributed by atoms with Crippen LogP contribution < -0.4 is 5.32 Å². The molecule has 0 aliphatic heterocycles. The molecule has 2 rings (SSSR count). The average Bonchev–Trinajstić information content (AvgIpc) is 2.54. The van der Waals surface area contributed by atoms with Crippen LogP contribution in [-0.2, 0) is 16.0 Å². The molecule has 4 heteroatoms. The van der Waals surface area contributed by atoms with E-state index in [2.05, 4.69) is 5.32 Å². The Labute approximate surface area is 130 Å². The molecule has 0 aliphatic rings. The molecule has 2 aromatic rings. The van der Waals surface area contributed by atoms with Crippen molar-refractivity contribution in [3.8, 4) is 0 Å². The fraction of sp³-hybridized carbons (Fsp3) is 0.222. The molecule has 0 atom stereocenters. The zero-order valence-electron chi connectivity index (χ0n) is 12.5. The lowest BCUT2D eigenvalue weighted by atomic mass is 10.1. The standard InChI is InChI=1S/C18H19NO3/c1-14-7-9-16(10-8-14)18(21)22-13-17(20)19-12-11-15-5-3-2-4-6-15/h2-10H,11-13H2,1H3,(H,19,20). The van der Waals surface area contributed by atoms with Crippen molar-refractivity contribution in [3.63, 3.8) is 0 Å². The number of carbonyl (C=O) groups excluding carboxylic acids is 2. The molecule has 0 bridgehead atoms. The second-order valence-corrected chi connectivity index (χ2v) is 5.03. The Morgan fingerprint density at radius 2 is 1.68 bits per heavy atom. The number of ether oxygens (including phenoxy) is 1. The summed E-state index contributed by atoms with van der Waals surface area (Å²) >= 11 is 0. The monoisotopic (exact) mass is 297 g/mol. The van der Waals surface area contributed by atoms with Gasteiger partial charge in [-0.1, -0.05) is 48.0 Å². The minimum atomic E-state index is -0.488. The summed E-state index contributed by atoms with van der Waals surface area (Å²) in [7, 11) is 0. The maximum absolute atomic E-state index is 11.8. The Morgan fingerprint density at radius 1 is 1.00 bits per heavy atom. The molecule has 22 heavy (non-hydrogen) atoms. The van der Waals surface area contributed by atoms with E-state index in [9.17, 15) is 9.59 Å². The quantitative estimate of drug-likeness (QED) is 0.834. The summed E-state index contributed by atoms with van der Waals surface area (Å²) in [5, 5.41) is 2.73. The van der Waals surface area contributed by atoms with Crippen molar-refractivity contribution >= 4 is 11.9 Å². The molecule has 0 saturated carbocycles. The van der Waals surface area contributed by atoms with E-state index in [1.807, 2.05) is 49.4 Å². The Bertz CT molecular complexity index is 621. The number of rotatable bonds is 6. The minimum absolute atomic E-state index is 0.262. The first-order chi connectivity index (χ1) is 10.6. The van der Waals surface area contributed by atoms with Gasteiger partial charge in [0.05, 0.1) is 5.56 Å². The lowest BCUT2D eigenvalue weighted by Crippen LogP contribution is -2.30. The SMILES string of the molecule is Cc1ccc(C(=O)OCC(=O)NCCc2ccccc2)cc1. The fourth-order valence-electron chi connectivity index (χ4n) is 1.95. The fourth-order valence-corrected chi connectivity index (χ4v) is 1.95. The van der Waals surface area contributed by atoms with Crippen LogP contribution >= 0.6 is 0 Å². The summed E-state index contributed by atoms with van der Waals surface area (Å²) in [6.45, 7) is 2.20. The number of benzene rings is 2. The Hall–Kier alpha value is -2.62. The molecule has 2 aromatic carbocycles. The Balaban J connectivity index is 1.69. The molecule has 0 fully saturated rings. The zero-order chi connectivity index (χ0) is 15.8. The van der Waals surface area contributed by atoms with Crippen molar-refractivity contribution in [2.45, 2.75) is 13.3 Å². The molecule has 0 spiro atoms. The molecule has 1 amide bonds. The molecule has 0 heterocycles. The summed E-state index contributed by atoms with van der Waals surface area (Å²) in [6.07, 6.45) is 0.749. The van der Waals surface area contributed by atoms with Gasteiger partial charge in [0, 0.05) is 6.54 Å². The van der Waals surface area contributed by atoms with Gasteiger partial charge in [0.25, 0.3) is 5.91 Å². The lowest BCUT2D eigenvalue weighted by molar-refractivity contribution is -0.124. The summed E-state index contributed by atoms with van der Waals surface area (Å²) in [5.74, 6) is -0.783. The second kappa shape index (κ2) is 7.98. The average molecular weight is 297 g/mol. The molecular formula is C18H19NO3. The summed E-state index contributed by atoms with van der Waals surface area (Å²) < 4.78 is 4.98. The van der Waals surface area contributed by atoms with E-state index in [0.717, 1.165) is 17.5 Å². The van der Waals surface area contributed by atoms with Crippen LogP contribution in [0, 0.1) is 6.92 Å². The smallest absolute Gasteiger partial charge is 0.338 e. The van der Waals surface area contributed by atoms with Crippen LogP contribution in [0.1, 0.15) is 21.5 Å². The van der Waals surface area contributed by atoms with Crippen LogP contribution in [-0.4, -0.2) is 25.0 Å². The van der Waals surface area contributed by atoms with E-state index in [-0.39, 0.29) is 12.5 Å². The first-order valence-corrected chi connectivity index (χ1v) is 7.19. The number of hydrogen-bond acceptors (Lipinski definition) is 3. The third-order valence-electron chi connectivity index (χ3n) is 3.20. The summed E-state index contributed by atoms with van der Waals surface area (Å²) in [6, 6.07) is 16.9. The zero-order valence-corrected chi connectivity index (χ0v) is 12.5. The van der Waals surface area contributed by atoms with Crippen molar-refractivity contribution in [3.05, 3.63) is 71.3 Å². The summed E-state index contributed by atoms with van der Waals surface area (Å²) in [5.41, 5.74) is 2.66. The van der Waals surface area contributed by atoms with Gasteiger partial charge in [0.1, 0.15) is 0 Å². The maximum atomic E-state index is 11.8. The Kier molecular flexibility index (Phi) is 5.72. The predicted molar refractivity (Wildman–Crippen MR) is 84.6 cm³/mol. The number of aryl methyl sites for hydroxylation is 1. The van der Waals surface area contributed by atoms with Gasteiger partial charge < -0.3 is 10.1 Å². The highest BCUT2D eigenvalue weighted by Gasteiger charge is 2.09. The predicted octanol–water partition coefficient (Wildman–Crippen LogP) is 2.51. The molecule has 0 saturated heterocycles. The van der Waals surface area contributed by atoms with Gasteiger partial charge >= 0.3 is 5.97 Å². The molecule has 4 nitrogen and oxygen atoms in total. The van der Waals surface area contributed by atoms with Gasteiger partial charge in [-0.2, -0.15) is 0 Å². The highest BCUT2D eigenvalue weighted by Crippen LogP contribution is 2.04. The van der Waals surface area contributed by atoms with Crippen molar-refractivity contribution in [2.24, 2.45) is 0 Å². The van der Waals surface area contributed by atoms with Crippen LogP contribution in [0.5, 0.6) is 0 Å². The number of carbonyl (C=O) groups is 2. The third-order valence-corrected chi connectivity index (χ3v) is 3.20. The van der Waals surface area contributed by atoms with E-state index in [1.54, 1.807) is 12.1 Å². The van der Waals surface area contributed by atoms with E-state index in [4.69, 9.17) is 4.74 Å². The number of amides is 1. The van der Waals surface area contributed by atoms with Crippen molar-refractivity contribution in [2.75, 3.05) is 13.2 Å². The highest BCUT2D eigenvalue weighted by atomic mass is 16.5. The molecule has 0 aromatic heterocycles. The van der Waals surface area contributed by atoms with E-state index in [0.29, 0.717) is 12.1 Å². The summed E-state index contributed by atoms with van der Waals surface area (Å²) in [4.78, 5) is 23.4. The first kappa shape index (κ1) is 15.8. The van der Waals surface area contributed by atoms with E-state index < -0.39 is 5.97 Å². The van der Waals surface area contributed by atoms with Gasteiger partial charge in [0.2, 0.25) is 0 Å². The van der Waals surface area contributed by atoms with Gasteiger partial charge in [0.15, 0.2) is 6.61 Å². The minimum Gasteiger partial charge on any atom is -0.452 e. The normalized spacial score (nSPS) is 10.0. The third kappa shape index (κ3) is 5.05. The Morgan fingerprint density at radius 3 is 2.36 bits per heavy atom. The topological polar surface area (TPSA) is 55.4 Å². The number of esters is 1. The number of hydrogen-bond donors (Lipinski definition) is 1. The molecule has 114 valence electrons. The molecule has 1 N–H and O–H groups in total. The number of nitrogens with one attached hydrogen (secondary N) is 1. The van der Waals surface area contributed by atoms with Crippen molar-refractivity contribution in [1.29, 1.82) is 0 Å². The van der Waals surface area contributed by atoms with Gasteiger partial charge in [-0.3, -0.25) is 4.79 Å². The van der Waals surface area contributed by atoms with Gasteiger partial charge in [-0.05, 0) is 31.0 Å². The van der Waals surface area contributed by atoms with E-state index in [1.165, 1.54) is 0 Å². The van der Waals surface area contributed by atoms with Gasteiger partial charge in [-0.25, -0.2) is 4.79 Å². The van der Waals surface area contributed by atoms with Crippen LogP contribution in [0.15, 0.2) is 54.6 Å². The second-order valence-electron chi connectivity index (χ2n) is 5.03. The van der Waals surface area contributed by atoms with Crippen LogP contribution in [0.25, 0.3) is 0 Å². The van der Waals surface area contributed by atoms with Crippen molar-refractivity contribution in [1.82, 2.24) is 5.32 Å². The van der Waals surface area contributed by atoms with Crippen LogP contribution in [0.2, 0.25) is 0 Å². The maximum Gasteiger partial charge on any atom is 0.338 e. The van der Waals surface area contributed by atoms with Crippen LogP contribution in [0.4, 0.5) is 0 Å². The van der Waals surface area contributed by atoms with E-state index >= 15 is 0 Å². The highest BCUT2D eigenvalue weighted by molar-refractivity contribution is 5.91. The molecule has 0 aliphatic carbocycles. The first-order valence-electron chi connectivity index (χ1n) is 7.19. The van der Waals surface area contributed by atoms with Crippen LogP contribution in [0.3, 0.4) is 0 Å². The lowest BCUT2D eigenvalue weighted by Gasteiger charge is -2.07. The largest absolute Gasteiger partial charge is 0.452 e. The molecule has 0 unspecified atom stereocenters. The van der Waals surface area contributed by atoms with Gasteiger partial charge in [-0.15, -0.1) is 0 Å². The molecular weight excluding hydrogens is 278 g/mol.